The highest BCUT2D eigenvalue weighted by atomic mass is 32.2. The summed E-state index contributed by atoms with van der Waals surface area (Å²) in [4.78, 5) is 47.0. The fraction of sp³-hybridized carbons (Fsp3) is 0.688. The van der Waals surface area contributed by atoms with Crippen LogP contribution >= 0.6 is 24.0 Å². The third-order valence-electron chi connectivity index (χ3n) is 3.31. The Morgan fingerprint density at radius 1 is 0.929 bits per heavy atom. The number of ether oxygens (including phenoxy) is 6. The Bertz CT molecular complexity index is 623. The molecule has 0 aromatic heterocycles. The van der Waals surface area contributed by atoms with Gasteiger partial charge in [0.15, 0.2) is 29.9 Å². The van der Waals surface area contributed by atoms with E-state index in [0.717, 1.165) is 39.6 Å². The molecule has 1 fully saturated rings. The van der Waals surface area contributed by atoms with Crippen molar-refractivity contribution < 1.29 is 47.6 Å². The number of esters is 4. The lowest BCUT2D eigenvalue weighted by Gasteiger charge is -2.43. The molecule has 1 rings (SSSR count). The predicted molar refractivity (Wildman–Crippen MR) is 99.2 cm³/mol. The summed E-state index contributed by atoms with van der Waals surface area (Å²) in [6, 6.07) is 0. The van der Waals surface area contributed by atoms with Crippen LogP contribution in [0.1, 0.15) is 27.7 Å². The number of thiocarbonyl (C=S) groups is 1. The van der Waals surface area contributed by atoms with Gasteiger partial charge in [-0.1, -0.05) is 0 Å². The van der Waals surface area contributed by atoms with Crippen LogP contribution in [-0.2, 0) is 47.6 Å². The van der Waals surface area contributed by atoms with Crippen LogP contribution in [-0.4, -0.2) is 71.8 Å². The van der Waals surface area contributed by atoms with Crippen LogP contribution in [0.4, 0.5) is 0 Å². The van der Waals surface area contributed by atoms with Gasteiger partial charge >= 0.3 is 23.9 Å². The molecule has 0 amide bonds. The second-order valence-corrected chi connectivity index (χ2v) is 7.17. The molecule has 0 aromatic carbocycles. The zero-order valence-electron chi connectivity index (χ0n) is 16.0. The summed E-state index contributed by atoms with van der Waals surface area (Å²) in [5.74, 6) is -3.10. The molecule has 1 aliphatic heterocycles. The summed E-state index contributed by atoms with van der Waals surface area (Å²) in [5.41, 5.74) is -1.09. The zero-order chi connectivity index (χ0) is 21.4. The first-order valence-electron chi connectivity index (χ1n) is 8.19. The van der Waals surface area contributed by atoms with Crippen LogP contribution in [0, 0.1) is 0 Å². The molecule has 0 radical (unpaired) electrons. The SMILES string of the molecule is CCOC(=S)S[C@@H]1O[C@H](C(=O)OC)[C@@H](OC(C)=O)[C@H](OC(C)=O)[C@H]1OC(C)=O. The standard InChI is InChI=1S/C16H22O10S2/c1-6-22-16(27)28-15-13(25-9(4)19)11(24-8(3)18)10(23-7(2)17)12(26-15)14(20)21-5/h10-13,15H,6H2,1-5H3/t10-,11-,12-,13+,15-/m0/s1. The molecule has 1 heterocycles. The second-order valence-electron chi connectivity index (χ2n) is 5.47. The van der Waals surface area contributed by atoms with E-state index in [2.05, 4.69) is 0 Å². The van der Waals surface area contributed by atoms with Gasteiger partial charge in [0.05, 0.1) is 13.7 Å². The molecule has 1 aliphatic rings. The first-order valence-corrected chi connectivity index (χ1v) is 9.47. The highest BCUT2D eigenvalue weighted by Crippen LogP contribution is 2.35. The second kappa shape index (κ2) is 11.2. The summed E-state index contributed by atoms with van der Waals surface area (Å²) in [5, 5.41) is 0. The molecule has 0 bridgehead atoms. The van der Waals surface area contributed by atoms with Gasteiger partial charge in [-0.25, -0.2) is 4.79 Å². The van der Waals surface area contributed by atoms with Crippen LogP contribution in [0.25, 0.3) is 0 Å². The van der Waals surface area contributed by atoms with Crippen LogP contribution in [0.5, 0.6) is 0 Å². The van der Waals surface area contributed by atoms with Crippen molar-refractivity contribution in [3.8, 4) is 0 Å². The number of hydrogen-bond acceptors (Lipinski definition) is 12. The Morgan fingerprint density at radius 2 is 1.43 bits per heavy atom. The van der Waals surface area contributed by atoms with Gasteiger partial charge in [-0.3, -0.25) is 14.4 Å². The van der Waals surface area contributed by atoms with Gasteiger partial charge < -0.3 is 28.4 Å². The first kappa shape index (κ1) is 24.1. The number of hydrogen-bond donors (Lipinski definition) is 0. The minimum atomic E-state index is -1.45. The van der Waals surface area contributed by atoms with E-state index in [1.54, 1.807) is 6.92 Å². The number of thioether (sulfide) groups is 1. The maximum Gasteiger partial charge on any atom is 0.339 e. The van der Waals surface area contributed by atoms with Gasteiger partial charge in [-0.2, -0.15) is 0 Å². The summed E-state index contributed by atoms with van der Waals surface area (Å²) in [7, 11) is 1.11. The fourth-order valence-electron chi connectivity index (χ4n) is 2.42. The Hall–Kier alpha value is -1.92. The molecular formula is C16H22O10S2. The molecule has 10 nitrogen and oxygen atoms in total. The monoisotopic (exact) mass is 438 g/mol. The number of carbonyl (C=O) groups excluding carboxylic acids is 4. The van der Waals surface area contributed by atoms with Crippen molar-refractivity contribution >= 4 is 52.2 Å². The lowest BCUT2D eigenvalue weighted by molar-refractivity contribution is -0.234. The number of rotatable bonds is 6. The molecule has 28 heavy (non-hydrogen) atoms. The lowest BCUT2D eigenvalue weighted by atomic mass is 9.99. The molecule has 5 atom stereocenters. The van der Waals surface area contributed by atoms with E-state index < -0.39 is 53.7 Å². The van der Waals surface area contributed by atoms with E-state index in [0.29, 0.717) is 0 Å². The van der Waals surface area contributed by atoms with Gasteiger partial charge in [0.1, 0.15) is 0 Å². The maximum atomic E-state index is 12.2. The third-order valence-corrected chi connectivity index (χ3v) is 4.64. The Balaban J connectivity index is 3.36. The average molecular weight is 438 g/mol. The Morgan fingerprint density at radius 3 is 1.89 bits per heavy atom. The molecule has 0 aromatic rings. The predicted octanol–water partition coefficient (Wildman–Crippen LogP) is 0.734. The fourth-order valence-corrected chi connectivity index (χ4v) is 3.72. The summed E-state index contributed by atoms with van der Waals surface area (Å²) in [6.07, 6.45) is -5.44. The van der Waals surface area contributed by atoms with Crippen molar-refractivity contribution in [2.24, 2.45) is 0 Å². The summed E-state index contributed by atoms with van der Waals surface area (Å²) >= 11 is 5.92. The van der Waals surface area contributed by atoms with Crippen molar-refractivity contribution in [2.75, 3.05) is 13.7 Å². The van der Waals surface area contributed by atoms with Crippen molar-refractivity contribution in [1.29, 1.82) is 0 Å². The van der Waals surface area contributed by atoms with E-state index in [1.165, 1.54) is 0 Å². The Labute approximate surface area is 171 Å². The summed E-state index contributed by atoms with van der Waals surface area (Å²) < 4.78 is 31.2. The van der Waals surface area contributed by atoms with Gasteiger partial charge in [-0.05, 0) is 30.9 Å². The van der Waals surface area contributed by atoms with Crippen LogP contribution in [0.2, 0.25) is 0 Å². The van der Waals surface area contributed by atoms with Gasteiger partial charge in [-0.15, -0.1) is 0 Å². The van der Waals surface area contributed by atoms with Gasteiger partial charge in [0.25, 0.3) is 0 Å². The van der Waals surface area contributed by atoms with E-state index >= 15 is 0 Å². The molecule has 0 spiro atoms. The van der Waals surface area contributed by atoms with Crippen molar-refractivity contribution in [3.63, 3.8) is 0 Å². The van der Waals surface area contributed by atoms with Gasteiger partial charge in [0.2, 0.25) is 4.38 Å². The molecule has 0 saturated carbocycles. The first-order chi connectivity index (χ1) is 13.1. The molecule has 1 saturated heterocycles. The highest BCUT2D eigenvalue weighted by Gasteiger charge is 2.55. The quantitative estimate of drug-likeness (QED) is 0.330. The van der Waals surface area contributed by atoms with E-state index in [4.69, 9.17) is 40.6 Å². The number of methoxy groups -OCH3 is 1. The minimum absolute atomic E-state index is 0.0563. The largest absolute Gasteiger partial charge is 0.479 e. The van der Waals surface area contributed by atoms with Crippen molar-refractivity contribution in [1.82, 2.24) is 0 Å². The third kappa shape index (κ3) is 6.91. The van der Waals surface area contributed by atoms with E-state index in [-0.39, 0.29) is 11.0 Å². The molecule has 0 unspecified atom stereocenters. The smallest absolute Gasteiger partial charge is 0.339 e. The van der Waals surface area contributed by atoms with E-state index in [9.17, 15) is 19.2 Å². The molecule has 12 heteroatoms. The van der Waals surface area contributed by atoms with Crippen LogP contribution in [0.15, 0.2) is 0 Å². The molecule has 0 aliphatic carbocycles. The Kier molecular flexibility index (Phi) is 9.62. The van der Waals surface area contributed by atoms with Crippen molar-refractivity contribution in [2.45, 2.75) is 57.5 Å². The summed E-state index contributed by atoms with van der Waals surface area (Å²) in [6.45, 7) is 5.35. The maximum absolute atomic E-state index is 12.2. The zero-order valence-corrected chi connectivity index (χ0v) is 17.6. The number of carbonyl (C=O) groups is 4. The lowest BCUT2D eigenvalue weighted by Crippen LogP contribution is -2.62. The molecular weight excluding hydrogens is 416 g/mol. The van der Waals surface area contributed by atoms with Crippen LogP contribution < -0.4 is 0 Å². The topological polar surface area (TPSA) is 124 Å². The van der Waals surface area contributed by atoms with E-state index in [1.807, 2.05) is 0 Å². The highest BCUT2D eigenvalue weighted by molar-refractivity contribution is 8.22. The van der Waals surface area contributed by atoms with Crippen molar-refractivity contribution in [3.05, 3.63) is 0 Å². The van der Waals surface area contributed by atoms with Crippen LogP contribution in [0.3, 0.4) is 0 Å². The van der Waals surface area contributed by atoms with Gasteiger partial charge in [0, 0.05) is 20.8 Å². The average Bonchev–Trinajstić information content (AvgIpc) is 2.58. The minimum Gasteiger partial charge on any atom is -0.479 e. The molecule has 158 valence electrons. The normalized spacial score (nSPS) is 26.5. The molecule has 0 N–H and O–H groups in total.